The van der Waals surface area contributed by atoms with Crippen molar-refractivity contribution in [2.45, 2.75) is 19.4 Å². The van der Waals surface area contributed by atoms with E-state index in [2.05, 4.69) is 17.0 Å². The first-order valence-corrected chi connectivity index (χ1v) is 8.92. The van der Waals surface area contributed by atoms with Crippen LogP contribution in [0.3, 0.4) is 0 Å². The Hall–Kier alpha value is -2.33. The third kappa shape index (κ3) is 4.40. The van der Waals surface area contributed by atoms with Gasteiger partial charge in [-0.1, -0.05) is 36.4 Å². The van der Waals surface area contributed by atoms with Gasteiger partial charge in [0.15, 0.2) is 0 Å². The maximum atomic E-state index is 12.8. The van der Waals surface area contributed by atoms with Gasteiger partial charge in [0.2, 0.25) is 0 Å². The van der Waals surface area contributed by atoms with Gasteiger partial charge < -0.3 is 14.9 Å². The van der Waals surface area contributed by atoms with Gasteiger partial charge in [0.05, 0.1) is 0 Å². The number of anilines is 1. The molecule has 1 fully saturated rings. The van der Waals surface area contributed by atoms with E-state index in [9.17, 15) is 9.90 Å². The van der Waals surface area contributed by atoms with Crippen molar-refractivity contribution in [3.8, 4) is 0 Å². The summed E-state index contributed by atoms with van der Waals surface area (Å²) in [5.41, 5.74) is 2.99. The molecule has 132 valence electrons. The fourth-order valence-corrected chi connectivity index (χ4v) is 3.41. The second-order valence-electron chi connectivity index (χ2n) is 6.83. The van der Waals surface area contributed by atoms with Crippen molar-refractivity contribution in [3.63, 3.8) is 0 Å². The van der Waals surface area contributed by atoms with Crippen molar-refractivity contribution in [2.24, 2.45) is 5.92 Å². The Labute approximate surface area is 149 Å². The number of aliphatic hydroxyl groups excluding tert-OH is 1. The van der Waals surface area contributed by atoms with Crippen LogP contribution in [0.25, 0.3) is 0 Å². The van der Waals surface area contributed by atoms with Crippen LogP contribution >= 0.6 is 0 Å². The second kappa shape index (κ2) is 8.17. The molecule has 1 unspecified atom stereocenters. The predicted molar refractivity (Wildman–Crippen MR) is 101 cm³/mol. The van der Waals surface area contributed by atoms with Crippen LogP contribution in [-0.2, 0) is 6.54 Å². The van der Waals surface area contributed by atoms with E-state index in [4.69, 9.17) is 0 Å². The van der Waals surface area contributed by atoms with Crippen molar-refractivity contribution >= 4 is 11.6 Å². The molecule has 1 N–H and O–H groups in total. The standard InChI is InChI=1S/C21H26N2O2/c1-22(14-17-7-3-2-4-8-17)20-11-5-10-19(13-20)21(25)23-12-6-9-18(15-23)16-24/h2-5,7-8,10-11,13,18,24H,6,9,12,14-16H2,1H3. The molecular formula is C21H26N2O2. The summed E-state index contributed by atoms with van der Waals surface area (Å²) in [5.74, 6) is 0.273. The lowest BCUT2D eigenvalue weighted by Crippen LogP contribution is -2.41. The molecule has 0 aliphatic carbocycles. The lowest BCUT2D eigenvalue weighted by atomic mass is 9.98. The number of carbonyl (C=O) groups excluding carboxylic acids is 1. The molecule has 0 saturated carbocycles. The number of benzene rings is 2. The third-order valence-corrected chi connectivity index (χ3v) is 4.86. The van der Waals surface area contributed by atoms with Crippen molar-refractivity contribution in [2.75, 3.05) is 31.6 Å². The topological polar surface area (TPSA) is 43.8 Å². The van der Waals surface area contributed by atoms with Crippen LogP contribution in [0.15, 0.2) is 54.6 Å². The number of amides is 1. The van der Waals surface area contributed by atoms with Crippen molar-refractivity contribution in [1.82, 2.24) is 4.90 Å². The molecular weight excluding hydrogens is 312 g/mol. The van der Waals surface area contributed by atoms with Crippen molar-refractivity contribution < 1.29 is 9.90 Å². The van der Waals surface area contributed by atoms with Gasteiger partial charge >= 0.3 is 0 Å². The zero-order valence-corrected chi connectivity index (χ0v) is 14.8. The van der Waals surface area contributed by atoms with Gasteiger partial charge in [-0.25, -0.2) is 0 Å². The van der Waals surface area contributed by atoms with E-state index in [-0.39, 0.29) is 18.4 Å². The number of aliphatic hydroxyl groups is 1. The van der Waals surface area contributed by atoms with Crippen LogP contribution in [0, 0.1) is 5.92 Å². The predicted octanol–water partition coefficient (Wildman–Crippen LogP) is 3.17. The minimum Gasteiger partial charge on any atom is -0.396 e. The fourth-order valence-electron chi connectivity index (χ4n) is 3.41. The Morgan fingerprint density at radius 3 is 2.76 bits per heavy atom. The Kier molecular flexibility index (Phi) is 5.71. The molecule has 0 spiro atoms. The maximum Gasteiger partial charge on any atom is 0.253 e. The van der Waals surface area contributed by atoms with Crippen LogP contribution in [-0.4, -0.2) is 42.7 Å². The van der Waals surface area contributed by atoms with E-state index < -0.39 is 0 Å². The number of nitrogens with zero attached hydrogens (tertiary/aromatic N) is 2. The molecule has 4 heteroatoms. The largest absolute Gasteiger partial charge is 0.396 e. The van der Waals surface area contributed by atoms with Gasteiger partial charge in [-0.2, -0.15) is 0 Å². The van der Waals surface area contributed by atoms with Crippen LogP contribution in [0.1, 0.15) is 28.8 Å². The van der Waals surface area contributed by atoms with E-state index >= 15 is 0 Å². The highest BCUT2D eigenvalue weighted by Crippen LogP contribution is 2.21. The van der Waals surface area contributed by atoms with Crippen LogP contribution in [0.5, 0.6) is 0 Å². The molecule has 4 nitrogen and oxygen atoms in total. The molecule has 1 atom stereocenters. The first-order chi connectivity index (χ1) is 12.2. The number of carbonyl (C=O) groups is 1. The summed E-state index contributed by atoms with van der Waals surface area (Å²) in [4.78, 5) is 16.8. The monoisotopic (exact) mass is 338 g/mol. The van der Waals surface area contributed by atoms with E-state index in [1.54, 1.807) is 0 Å². The number of hydrogen-bond acceptors (Lipinski definition) is 3. The molecule has 0 aromatic heterocycles. The highest BCUT2D eigenvalue weighted by molar-refractivity contribution is 5.95. The Balaban J connectivity index is 1.71. The van der Waals surface area contributed by atoms with Gasteiger partial charge in [-0.15, -0.1) is 0 Å². The minimum absolute atomic E-state index is 0.0631. The molecule has 2 aromatic rings. The van der Waals surface area contributed by atoms with Gasteiger partial charge in [0.25, 0.3) is 5.91 Å². The van der Waals surface area contributed by atoms with E-state index in [1.165, 1.54) is 5.56 Å². The number of piperidine rings is 1. The number of rotatable bonds is 5. The first kappa shape index (κ1) is 17.5. The molecule has 1 aliphatic rings. The van der Waals surface area contributed by atoms with Gasteiger partial charge in [0, 0.05) is 44.5 Å². The fraction of sp³-hybridized carbons (Fsp3) is 0.381. The van der Waals surface area contributed by atoms with Crippen molar-refractivity contribution in [1.29, 1.82) is 0 Å². The van der Waals surface area contributed by atoms with Gasteiger partial charge in [0.1, 0.15) is 0 Å². The quantitative estimate of drug-likeness (QED) is 0.911. The van der Waals surface area contributed by atoms with Crippen molar-refractivity contribution in [3.05, 3.63) is 65.7 Å². The summed E-state index contributed by atoms with van der Waals surface area (Å²) in [6.45, 7) is 2.39. The van der Waals surface area contributed by atoms with E-state index in [1.807, 2.05) is 54.4 Å². The molecule has 1 aliphatic heterocycles. The summed E-state index contributed by atoms with van der Waals surface area (Å²) < 4.78 is 0. The van der Waals surface area contributed by atoms with Crippen LogP contribution in [0.2, 0.25) is 0 Å². The average molecular weight is 338 g/mol. The second-order valence-corrected chi connectivity index (χ2v) is 6.83. The highest BCUT2D eigenvalue weighted by atomic mass is 16.3. The SMILES string of the molecule is CN(Cc1ccccc1)c1cccc(C(=O)N2CCCC(CO)C2)c1. The Morgan fingerprint density at radius 2 is 2.00 bits per heavy atom. The summed E-state index contributed by atoms with van der Waals surface area (Å²) in [5, 5.41) is 9.37. The average Bonchev–Trinajstić information content (AvgIpc) is 2.68. The van der Waals surface area contributed by atoms with Gasteiger partial charge in [-0.3, -0.25) is 4.79 Å². The lowest BCUT2D eigenvalue weighted by Gasteiger charge is -2.32. The maximum absolute atomic E-state index is 12.8. The molecule has 0 bridgehead atoms. The Morgan fingerprint density at radius 1 is 1.20 bits per heavy atom. The molecule has 2 aromatic carbocycles. The third-order valence-electron chi connectivity index (χ3n) is 4.86. The summed E-state index contributed by atoms with van der Waals surface area (Å²) in [7, 11) is 2.04. The number of likely N-dealkylation sites (tertiary alicyclic amines) is 1. The molecule has 3 rings (SSSR count). The first-order valence-electron chi connectivity index (χ1n) is 8.92. The zero-order chi connectivity index (χ0) is 17.6. The zero-order valence-electron chi connectivity index (χ0n) is 14.8. The van der Waals surface area contributed by atoms with Crippen LogP contribution < -0.4 is 4.90 Å². The molecule has 25 heavy (non-hydrogen) atoms. The summed E-state index contributed by atoms with van der Waals surface area (Å²) >= 11 is 0. The highest BCUT2D eigenvalue weighted by Gasteiger charge is 2.24. The number of hydrogen-bond donors (Lipinski definition) is 1. The molecule has 1 saturated heterocycles. The smallest absolute Gasteiger partial charge is 0.253 e. The van der Waals surface area contributed by atoms with E-state index in [0.717, 1.165) is 37.2 Å². The summed E-state index contributed by atoms with van der Waals surface area (Å²) in [6, 6.07) is 18.1. The molecule has 1 amide bonds. The Bertz CT molecular complexity index is 702. The normalized spacial score (nSPS) is 17.4. The lowest BCUT2D eigenvalue weighted by molar-refractivity contribution is 0.0621. The van der Waals surface area contributed by atoms with Gasteiger partial charge in [-0.05, 0) is 42.5 Å². The molecule has 0 radical (unpaired) electrons. The minimum atomic E-state index is 0.0631. The molecule has 1 heterocycles. The van der Waals surface area contributed by atoms with Crippen LogP contribution in [0.4, 0.5) is 5.69 Å². The van der Waals surface area contributed by atoms with E-state index in [0.29, 0.717) is 6.54 Å². The summed E-state index contributed by atoms with van der Waals surface area (Å²) in [6.07, 6.45) is 1.96.